The second-order valence-corrected chi connectivity index (χ2v) is 8.59. The van der Waals surface area contributed by atoms with Crippen LogP contribution in [0.2, 0.25) is 0 Å². The lowest BCUT2D eigenvalue weighted by molar-refractivity contribution is -0.137. The molecule has 1 N–H and O–H groups in total. The average molecular weight is 481 g/mol. The summed E-state index contributed by atoms with van der Waals surface area (Å²) in [5.41, 5.74) is 2.52. The quantitative estimate of drug-likeness (QED) is 0.303. The zero-order valence-corrected chi connectivity index (χ0v) is 18.8. The summed E-state index contributed by atoms with van der Waals surface area (Å²) in [7, 11) is 0. The molecule has 0 aliphatic carbocycles. The number of alkyl halides is 3. The second-order valence-electron chi connectivity index (χ2n) is 8.59. The van der Waals surface area contributed by atoms with Crippen LogP contribution >= 0.6 is 0 Å². The van der Waals surface area contributed by atoms with Gasteiger partial charge in [0.05, 0.1) is 5.56 Å². The van der Waals surface area contributed by atoms with Crippen LogP contribution in [-0.2, 0) is 25.6 Å². The predicted molar refractivity (Wildman–Crippen MR) is 126 cm³/mol. The molecule has 0 bridgehead atoms. The van der Waals surface area contributed by atoms with Crippen molar-refractivity contribution in [1.82, 2.24) is 19.7 Å². The van der Waals surface area contributed by atoms with E-state index in [4.69, 9.17) is 0 Å². The van der Waals surface area contributed by atoms with Gasteiger partial charge < -0.3 is 9.55 Å². The van der Waals surface area contributed by atoms with Crippen molar-refractivity contribution in [3.05, 3.63) is 94.6 Å². The number of rotatable bonds is 8. The molecule has 1 aliphatic rings. The first kappa shape index (κ1) is 23.0. The van der Waals surface area contributed by atoms with E-state index < -0.39 is 11.7 Å². The number of nitrogens with zero attached hydrogens (tertiary/aromatic N) is 4. The molecule has 180 valence electrons. The highest BCUT2D eigenvalue weighted by molar-refractivity contribution is 5.83. The molecule has 35 heavy (non-hydrogen) atoms. The summed E-state index contributed by atoms with van der Waals surface area (Å²) in [5, 5.41) is 9.63. The van der Waals surface area contributed by atoms with E-state index >= 15 is 0 Å². The Bertz CT molecular complexity index is 1410. The first-order chi connectivity index (χ1) is 16.9. The molecule has 0 saturated heterocycles. The summed E-state index contributed by atoms with van der Waals surface area (Å²) in [4.78, 5) is 7.44. The van der Waals surface area contributed by atoms with Crippen LogP contribution in [0.25, 0.3) is 10.9 Å². The zero-order chi connectivity index (χ0) is 24.4. The van der Waals surface area contributed by atoms with E-state index in [1.54, 1.807) is 12.1 Å². The fraction of sp³-hybridized carbons (Fsp3) is 0.269. The van der Waals surface area contributed by atoms with Gasteiger partial charge in [0.2, 0.25) is 0 Å². The van der Waals surface area contributed by atoms with Crippen molar-refractivity contribution in [1.29, 1.82) is 0 Å². The van der Waals surface area contributed by atoms with Gasteiger partial charge in [0.25, 0.3) is 0 Å². The van der Waals surface area contributed by atoms with Crippen molar-refractivity contribution >= 4 is 17.1 Å². The Morgan fingerprint density at radius 1 is 1.00 bits per heavy atom. The Hall–Kier alpha value is -3.75. The highest BCUT2D eigenvalue weighted by Gasteiger charge is 2.30. The molecule has 1 aliphatic heterocycles. The first-order valence-corrected chi connectivity index (χ1v) is 11.4. The molecule has 2 aromatic carbocycles. The summed E-state index contributed by atoms with van der Waals surface area (Å²) < 4.78 is 55.2. The molecule has 2 aromatic heterocycles. The molecular formula is C26H23F4N5. The molecule has 0 spiro atoms. The minimum atomic E-state index is -4.40. The van der Waals surface area contributed by atoms with E-state index in [0.717, 1.165) is 48.0 Å². The lowest BCUT2D eigenvalue weighted by Gasteiger charge is -2.12. The van der Waals surface area contributed by atoms with Crippen LogP contribution in [-0.4, -0.2) is 26.0 Å². The summed E-state index contributed by atoms with van der Waals surface area (Å²) in [5.74, 6) is 0.997. The highest BCUT2D eigenvalue weighted by Crippen LogP contribution is 2.30. The third-order valence-electron chi connectivity index (χ3n) is 6.13. The van der Waals surface area contributed by atoms with Crippen molar-refractivity contribution in [2.75, 3.05) is 0 Å². The molecular weight excluding hydrogens is 458 g/mol. The topological polar surface area (TPSA) is 58.9 Å². The molecule has 4 aromatic rings. The number of fused-ring (bicyclic) bond motifs is 1. The van der Waals surface area contributed by atoms with E-state index in [9.17, 15) is 17.6 Å². The number of nitrogens with one attached hydrogen (secondary N) is 1. The van der Waals surface area contributed by atoms with Crippen LogP contribution in [0.15, 0.2) is 65.4 Å². The molecule has 0 radical (unpaired) electrons. The number of benzene rings is 2. The number of aliphatic imine (C=N–C) groups is 1. The number of halogens is 4. The number of hydrogen-bond donors (Lipinski definition) is 1. The molecule has 0 atom stereocenters. The fourth-order valence-electron chi connectivity index (χ4n) is 4.40. The maximum Gasteiger partial charge on any atom is 0.416 e. The van der Waals surface area contributed by atoms with Crippen LogP contribution in [0.3, 0.4) is 0 Å². The van der Waals surface area contributed by atoms with Gasteiger partial charge in [0, 0.05) is 54.8 Å². The van der Waals surface area contributed by atoms with Gasteiger partial charge in [-0.25, -0.2) is 4.39 Å². The van der Waals surface area contributed by atoms with Crippen LogP contribution in [0.4, 0.5) is 17.6 Å². The van der Waals surface area contributed by atoms with E-state index in [1.807, 2.05) is 17.0 Å². The molecule has 0 unspecified atom stereocenters. The van der Waals surface area contributed by atoms with Crippen LogP contribution < -0.4 is 0 Å². The van der Waals surface area contributed by atoms with Crippen molar-refractivity contribution < 1.29 is 17.6 Å². The zero-order valence-electron chi connectivity index (χ0n) is 18.8. The van der Waals surface area contributed by atoms with E-state index in [-0.39, 0.29) is 12.2 Å². The van der Waals surface area contributed by atoms with E-state index in [2.05, 4.69) is 26.2 Å². The van der Waals surface area contributed by atoms with Gasteiger partial charge in [0.15, 0.2) is 0 Å². The van der Waals surface area contributed by atoms with Crippen LogP contribution in [0, 0.1) is 5.82 Å². The van der Waals surface area contributed by atoms with E-state index in [0.29, 0.717) is 35.7 Å². The fourth-order valence-corrected chi connectivity index (χ4v) is 4.40. The minimum Gasteiger partial charge on any atom is -0.361 e. The van der Waals surface area contributed by atoms with Gasteiger partial charge in [0.1, 0.15) is 17.5 Å². The van der Waals surface area contributed by atoms with Crippen molar-refractivity contribution in [3.8, 4) is 0 Å². The van der Waals surface area contributed by atoms with E-state index in [1.165, 1.54) is 18.2 Å². The monoisotopic (exact) mass is 481 g/mol. The van der Waals surface area contributed by atoms with Gasteiger partial charge in [-0.1, -0.05) is 24.3 Å². The SMILES string of the molecule is Fc1ccc2c(Cc3nnc(Cc4cccc(C(F)(F)F)c4)n3CCCC3=CCC=N3)c[nH]c2c1. The third-order valence-corrected chi connectivity index (χ3v) is 6.13. The summed E-state index contributed by atoms with van der Waals surface area (Å²) in [6.07, 6.45) is 4.51. The van der Waals surface area contributed by atoms with Crippen LogP contribution in [0.5, 0.6) is 0 Å². The summed E-state index contributed by atoms with van der Waals surface area (Å²) in [6.45, 7) is 0.612. The maximum absolute atomic E-state index is 13.6. The largest absolute Gasteiger partial charge is 0.416 e. The second kappa shape index (κ2) is 9.48. The van der Waals surface area contributed by atoms with Gasteiger partial charge in [-0.2, -0.15) is 13.2 Å². The average Bonchev–Trinajstić information content (AvgIpc) is 3.56. The Balaban J connectivity index is 1.43. The summed E-state index contributed by atoms with van der Waals surface area (Å²) >= 11 is 0. The van der Waals surface area contributed by atoms with Gasteiger partial charge >= 0.3 is 6.18 Å². The number of aromatic amines is 1. The Kier molecular flexibility index (Phi) is 6.23. The van der Waals surface area contributed by atoms with Crippen molar-refractivity contribution in [2.24, 2.45) is 4.99 Å². The van der Waals surface area contributed by atoms with Gasteiger partial charge in [-0.05, 0) is 48.2 Å². The predicted octanol–water partition coefficient (Wildman–Crippen LogP) is 6.24. The maximum atomic E-state index is 13.6. The first-order valence-electron chi connectivity index (χ1n) is 11.4. The Labute approximate surface area is 199 Å². The Morgan fingerprint density at radius 3 is 2.60 bits per heavy atom. The molecule has 5 rings (SSSR count). The lowest BCUT2D eigenvalue weighted by atomic mass is 10.1. The van der Waals surface area contributed by atoms with Crippen molar-refractivity contribution in [2.45, 2.75) is 44.8 Å². The molecule has 3 heterocycles. The molecule has 5 nitrogen and oxygen atoms in total. The third kappa shape index (κ3) is 5.18. The molecule has 0 saturated carbocycles. The number of hydrogen-bond acceptors (Lipinski definition) is 3. The molecule has 0 amide bonds. The normalized spacial score (nSPS) is 13.7. The number of H-pyrrole nitrogens is 1. The van der Waals surface area contributed by atoms with Gasteiger partial charge in [-0.3, -0.25) is 4.99 Å². The number of aromatic nitrogens is 4. The summed E-state index contributed by atoms with van der Waals surface area (Å²) in [6, 6.07) is 9.89. The lowest BCUT2D eigenvalue weighted by Crippen LogP contribution is -2.10. The smallest absolute Gasteiger partial charge is 0.361 e. The molecule has 9 heteroatoms. The Morgan fingerprint density at radius 2 is 1.83 bits per heavy atom. The standard InChI is InChI=1S/C26H23F4N5/c27-20-8-9-22-18(16-32-23(22)15-20)14-25-34-33-24(35(25)11-3-7-21-6-2-10-31-21)13-17-4-1-5-19(12-17)26(28,29)30/h1,4-6,8-10,12,15-16,32H,2-3,7,11,13-14H2. The highest BCUT2D eigenvalue weighted by atomic mass is 19.4. The van der Waals surface area contributed by atoms with Crippen LogP contribution in [0.1, 0.15) is 47.6 Å². The van der Waals surface area contributed by atoms with Crippen molar-refractivity contribution in [3.63, 3.8) is 0 Å². The molecule has 0 fully saturated rings. The minimum absolute atomic E-state index is 0.233. The van der Waals surface area contributed by atoms with Gasteiger partial charge in [-0.15, -0.1) is 10.2 Å². The number of allylic oxidation sites excluding steroid dienone is 2.